The van der Waals surface area contributed by atoms with Crippen molar-refractivity contribution in [2.45, 2.75) is 38.3 Å². The van der Waals surface area contributed by atoms with E-state index in [1.54, 1.807) is 24.2 Å². The zero-order valence-electron chi connectivity index (χ0n) is 16.6. The molecule has 0 saturated carbocycles. The van der Waals surface area contributed by atoms with Crippen LogP contribution in [0.4, 0.5) is 10.1 Å². The molecule has 7 heteroatoms. The summed E-state index contributed by atoms with van der Waals surface area (Å²) in [7, 11) is 1.80. The molecule has 1 aliphatic heterocycles. The van der Waals surface area contributed by atoms with E-state index in [-0.39, 0.29) is 23.7 Å². The van der Waals surface area contributed by atoms with E-state index in [0.717, 1.165) is 29.8 Å². The fourth-order valence-corrected chi connectivity index (χ4v) is 5.50. The molecule has 1 N–H and O–H groups in total. The highest BCUT2D eigenvalue weighted by atomic mass is 32.2. The van der Waals surface area contributed by atoms with Gasteiger partial charge in [0, 0.05) is 31.8 Å². The Kier molecular flexibility index (Phi) is 6.06. The maximum Gasteiger partial charge on any atom is 0.226 e. The number of pyridine rings is 1. The number of aromatic nitrogens is 1. The topological polar surface area (TPSA) is 68.3 Å². The molecule has 1 amide bonds. The lowest BCUT2D eigenvalue weighted by Gasteiger charge is -2.27. The Bertz CT molecular complexity index is 869. The van der Waals surface area contributed by atoms with Crippen molar-refractivity contribution in [1.29, 1.82) is 0 Å². The average molecular weight is 416 g/mol. The number of anilines is 1. The summed E-state index contributed by atoms with van der Waals surface area (Å²) < 4.78 is 24.9. The summed E-state index contributed by atoms with van der Waals surface area (Å²) in [6.45, 7) is 0.465. The van der Waals surface area contributed by atoms with Gasteiger partial charge in [-0.3, -0.25) is 9.78 Å². The van der Waals surface area contributed by atoms with E-state index in [1.165, 1.54) is 11.6 Å². The van der Waals surface area contributed by atoms with Crippen LogP contribution < -0.4 is 5.32 Å². The van der Waals surface area contributed by atoms with E-state index >= 15 is 0 Å². The number of nitrogens with zero attached hydrogens (tertiary/aromatic N) is 2. The molecule has 1 aromatic heterocycles. The molecule has 5 nitrogen and oxygen atoms in total. The van der Waals surface area contributed by atoms with Gasteiger partial charge in [0.15, 0.2) is 0 Å². The van der Waals surface area contributed by atoms with Gasteiger partial charge in [-0.25, -0.2) is 4.39 Å². The van der Waals surface area contributed by atoms with Crippen molar-refractivity contribution >= 4 is 22.8 Å². The number of hydrogen-bond acceptors (Lipinski definition) is 4. The van der Waals surface area contributed by atoms with Gasteiger partial charge in [-0.15, -0.1) is 0 Å². The smallest absolute Gasteiger partial charge is 0.226 e. The number of nitrogens with one attached hydrogen (secondary N) is 1. The number of benzene rings is 1. The fraction of sp³-hybridized carbons (Fsp3) is 0.455. The quantitative estimate of drug-likeness (QED) is 0.763. The molecule has 29 heavy (non-hydrogen) atoms. The summed E-state index contributed by atoms with van der Waals surface area (Å²) in [5.41, 5.74) is 4.03. The summed E-state index contributed by atoms with van der Waals surface area (Å²) in [5.74, 6) is 1.16. The molecule has 154 valence electrons. The predicted octanol–water partition coefficient (Wildman–Crippen LogP) is 2.92. The number of carbonyl (C=O) groups excluding carboxylic acids is 1. The molecule has 0 bridgehead atoms. The first kappa shape index (κ1) is 20.2. The lowest BCUT2D eigenvalue weighted by molar-refractivity contribution is -0.135. The van der Waals surface area contributed by atoms with Gasteiger partial charge in [-0.2, -0.15) is 0 Å². The van der Waals surface area contributed by atoms with Crippen LogP contribution in [0.1, 0.15) is 29.7 Å². The van der Waals surface area contributed by atoms with Gasteiger partial charge in [-0.05, 0) is 48.2 Å². The Balaban J connectivity index is 1.30. The van der Waals surface area contributed by atoms with Crippen LogP contribution in [0.25, 0.3) is 0 Å². The van der Waals surface area contributed by atoms with Crippen LogP contribution in [0.5, 0.6) is 0 Å². The van der Waals surface area contributed by atoms with Gasteiger partial charge in [0.2, 0.25) is 5.91 Å². The number of hydrogen-bond donors (Lipinski definition) is 1. The second-order valence-electron chi connectivity index (χ2n) is 8.02. The zero-order chi connectivity index (χ0) is 20.4. The number of carbonyl (C=O) groups is 1. The van der Waals surface area contributed by atoms with E-state index in [9.17, 15) is 13.7 Å². The Labute approximate surface area is 173 Å². The number of fused-ring (bicyclic) bond motifs is 1. The van der Waals surface area contributed by atoms with Crippen molar-refractivity contribution in [2.24, 2.45) is 5.92 Å². The molecule has 1 aromatic carbocycles. The molecule has 1 unspecified atom stereocenters. The van der Waals surface area contributed by atoms with E-state index in [1.807, 2.05) is 18.2 Å². The van der Waals surface area contributed by atoms with E-state index in [2.05, 4.69) is 10.3 Å². The van der Waals surface area contributed by atoms with E-state index < -0.39 is 11.2 Å². The number of rotatable bonds is 5. The maximum atomic E-state index is 13.4. The third-order valence-electron chi connectivity index (χ3n) is 5.81. The van der Waals surface area contributed by atoms with Crippen LogP contribution in [0, 0.1) is 11.7 Å². The summed E-state index contributed by atoms with van der Waals surface area (Å²) in [6, 6.07) is 9.15. The summed E-state index contributed by atoms with van der Waals surface area (Å²) in [5, 5.41) is 3.47. The molecule has 4 rings (SSSR count). The first-order valence-corrected chi connectivity index (χ1v) is 11.6. The molecule has 2 aliphatic rings. The lowest BCUT2D eigenvalue weighted by atomic mass is 10.0. The monoisotopic (exact) mass is 415 g/mol. The molecule has 0 radical (unpaired) electrons. The second kappa shape index (κ2) is 8.71. The van der Waals surface area contributed by atoms with Crippen molar-refractivity contribution in [2.75, 3.05) is 23.9 Å². The average Bonchev–Trinajstić information content (AvgIpc) is 3.10. The summed E-state index contributed by atoms with van der Waals surface area (Å²) in [4.78, 5) is 18.8. The van der Waals surface area contributed by atoms with E-state index in [0.29, 0.717) is 30.9 Å². The molecule has 1 atom stereocenters. The standard InChI is InChI=1S/C22H26FN3O2S/c1-26(22(27)15-6-8-29(28)9-7-15)14-20-5-4-19(13-24-20)25-21-11-16-2-3-18(23)10-17(16)12-21/h2-5,10,13,15,21,25H,6-9,11-12,14H2,1H3. The van der Waals surface area contributed by atoms with Crippen molar-refractivity contribution in [3.05, 3.63) is 59.2 Å². The van der Waals surface area contributed by atoms with Crippen LogP contribution in [0.3, 0.4) is 0 Å². The Morgan fingerprint density at radius 1 is 1.24 bits per heavy atom. The lowest BCUT2D eigenvalue weighted by Crippen LogP contribution is -2.37. The molecule has 2 aromatic rings. The highest BCUT2D eigenvalue weighted by Crippen LogP contribution is 2.26. The minimum Gasteiger partial charge on any atom is -0.616 e. The summed E-state index contributed by atoms with van der Waals surface area (Å²) >= 11 is -0.756. The highest BCUT2D eigenvalue weighted by molar-refractivity contribution is 7.91. The van der Waals surface area contributed by atoms with Crippen molar-refractivity contribution < 1.29 is 13.7 Å². The van der Waals surface area contributed by atoms with Crippen LogP contribution in [0.15, 0.2) is 36.5 Å². The molecule has 0 spiro atoms. The third kappa shape index (κ3) is 4.90. The molecule has 2 heterocycles. The van der Waals surface area contributed by atoms with Crippen LogP contribution in [-0.4, -0.2) is 44.9 Å². The molecule has 1 fully saturated rings. The highest BCUT2D eigenvalue weighted by Gasteiger charge is 2.29. The Morgan fingerprint density at radius 2 is 2.00 bits per heavy atom. The normalized spacial score (nSPS) is 23.5. The van der Waals surface area contributed by atoms with Gasteiger partial charge in [0.25, 0.3) is 0 Å². The molecular formula is C22H26FN3O2S. The SMILES string of the molecule is CN(Cc1ccc(NC2Cc3ccc(F)cc3C2)cn1)C(=O)C1CC[S+]([O-])CC1. The van der Waals surface area contributed by atoms with Gasteiger partial charge in [0.05, 0.1) is 24.1 Å². The first-order valence-electron chi connectivity index (χ1n) is 10.1. The minimum atomic E-state index is -0.756. The second-order valence-corrected chi connectivity index (χ2v) is 9.71. The van der Waals surface area contributed by atoms with Crippen molar-refractivity contribution in [3.8, 4) is 0 Å². The first-order chi connectivity index (χ1) is 14.0. The van der Waals surface area contributed by atoms with Crippen LogP contribution >= 0.6 is 0 Å². The molecular weight excluding hydrogens is 389 g/mol. The largest absolute Gasteiger partial charge is 0.616 e. The van der Waals surface area contributed by atoms with E-state index in [4.69, 9.17) is 0 Å². The number of halogens is 1. The predicted molar refractivity (Wildman–Crippen MR) is 113 cm³/mol. The van der Waals surface area contributed by atoms with Crippen molar-refractivity contribution in [1.82, 2.24) is 9.88 Å². The summed E-state index contributed by atoms with van der Waals surface area (Å²) in [6.07, 6.45) is 4.89. The van der Waals surface area contributed by atoms with Gasteiger partial charge >= 0.3 is 0 Å². The zero-order valence-corrected chi connectivity index (χ0v) is 17.4. The maximum absolute atomic E-state index is 13.4. The minimum absolute atomic E-state index is 0.0209. The third-order valence-corrected chi connectivity index (χ3v) is 7.19. The number of amides is 1. The van der Waals surface area contributed by atoms with Crippen molar-refractivity contribution in [3.63, 3.8) is 0 Å². The Morgan fingerprint density at radius 3 is 2.72 bits per heavy atom. The molecule has 1 aliphatic carbocycles. The molecule has 1 saturated heterocycles. The van der Waals surface area contributed by atoms with Gasteiger partial charge in [-0.1, -0.05) is 17.2 Å². The Hall–Kier alpha value is -2.12. The fourth-order valence-electron chi connectivity index (χ4n) is 4.20. The van der Waals surface area contributed by atoms with Gasteiger partial charge in [0.1, 0.15) is 17.3 Å². The van der Waals surface area contributed by atoms with Crippen LogP contribution in [0.2, 0.25) is 0 Å². The van der Waals surface area contributed by atoms with Crippen LogP contribution in [-0.2, 0) is 35.4 Å². The van der Waals surface area contributed by atoms with Gasteiger partial charge < -0.3 is 14.8 Å².